The van der Waals surface area contributed by atoms with Crippen molar-refractivity contribution in [2.24, 2.45) is 0 Å². The van der Waals surface area contributed by atoms with Gasteiger partial charge in [0.05, 0.1) is 36.7 Å². The molecule has 0 amide bonds. The number of aromatic amines is 1. The van der Waals surface area contributed by atoms with Gasteiger partial charge in [-0.1, -0.05) is 0 Å². The molecular formula is C12H16N4O3S2. The van der Waals surface area contributed by atoms with Crippen LogP contribution in [0.25, 0.3) is 0 Å². The molecule has 3 rings (SSSR count). The van der Waals surface area contributed by atoms with E-state index in [1.807, 2.05) is 6.20 Å². The van der Waals surface area contributed by atoms with Crippen LogP contribution < -0.4 is 0 Å². The number of nitrogens with zero attached hydrogens (tertiary/aromatic N) is 3. The summed E-state index contributed by atoms with van der Waals surface area (Å²) < 4.78 is 29.2. The lowest BCUT2D eigenvalue weighted by Crippen LogP contribution is -2.39. The first-order valence-corrected chi connectivity index (χ1v) is 9.25. The Morgan fingerprint density at radius 3 is 3.10 bits per heavy atom. The zero-order chi connectivity index (χ0) is 14.9. The standard InChI is InChI=1S/C12H16N4O3S2/c1-21(17,18)11-5-14-15-12(11)10-7-19-3-2-16(10)6-9-4-13-8-20-9/h4-5,8,10H,2-3,6-7H2,1H3,(H,14,15)/t10-/m1/s1. The summed E-state index contributed by atoms with van der Waals surface area (Å²) in [7, 11) is -3.31. The molecule has 1 atom stereocenters. The third-order valence-corrected chi connectivity index (χ3v) is 5.34. The second kappa shape index (κ2) is 5.84. The summed E-state index contributed by atoms with van der Waals surface area (Å²) in [4.78, 5) is 7.65. The Morgan fingerprint density at radius 2 is 2.38 bits per heavy atom. The van der Waals surface area contributed by atoms with E-state index >= 15 is 0 Å². The number of sulfone groups is 1. The summed E-state index contributed by atoms with van der Waals surface area (Å²) in [5, 5.41) is 6.73. The fraction of sp³-hybridized carbons (Fsp3) is 0.500. The van der Waals surface area contributed by atoms with Gasteiger partial charge in [0.2, 0.25) is 0 Å². The Kier molecular flexibility index (Phi) is 4.07. The summed E-state index contributed by atoms with van der Waals surface area (Å²) in [5.41, 5.74) is 2.39. The molecule has 2 aromatic heterocycles. The van der Waals surface area contributed by atoms with E-state index in [2.05, 4.69) is 20.1 Å². The highest BCUT2D eigenvalue weighted by Gasteiger charge is 2.30. The SMILES string of the molecule is CS(=O)(=O)c1cn[nH]c1[C@H]1COCCN1Cc1cncs1. The highest BCUT2D eigenvalue weighted by Crippen LogP contribution is 2.29. The molecule has 21 heavy (non-hydrogen) atoms. The van der Waals surface area contributed by atoms with Crippen LogP contribution in [0.3, 0.4) is 0 Å². The molecule has 1 aliphatic heterocycles. The van der Waals surface area contributed by atoms with Gasteiger partial charge in [0, 0.05) is 30.4 Å². The van der Waals surface area contributed by atoms with Gasteiger partial charge in [-0.3, -0.25) is 15.0 Å². The minimum atomic E-state index is -3.31. The van der Waals surface area contributed by atoms with Crippen molar-refractivity contribution in [1.82, 2.24) is 20.1 Å². The number of morpholine rings is 1. The molecule has 2 aromatic rings. The number of hydrogen-bond donors (Lipinski definition) is 1. The molecular weight excluding hydrogens is 312 g/mol. The molecule has 3 heterocycles. The molecule has 0 spiro atoms. The molecule has 114 valence electrons. The van der Waals surface area contributed by atoms with Crippen molar-refractivity contribution >= 4 is 21.2 Å². The summed E-state index contributed by atoms with van der Waals surface area (Å²) in [6.45, 7) is 2.55. The fourth-order valence-corrected chi connectivity index (χ4v) is 3.88. The van der Waals surface area contributed by atoms with Crippen LogP contribution in [0.4, 0.5) is 0 Å². The number of H-pyrrole nitrogens is 1. The highest BCUT2D eigenvalue weighted by atomic mass is 32.2. The predicted octanol–water partition coefficient (Wildman–Crippen LogP) is 0.843. The average Bonchev–Trinajstić information content (AvgIpc) is 3.08. The Bertz CT molecular complexity index is 696. The van der Waals surface area contributed by atoms with Crippen LogP contribution in [0, 0.1) is 0 Å². The minimum absolute atomic E-state index is 0.145. The van der Waals surface area contributed by atoms with Gasteiger partial charge in [-0.2, -0.15) is 5.10 Å². The Hall–Kier alpha value is -1.29. The summed E-state index contributed by atoms with van der Waals surface area (Å²) >= 11 is 1.59. The molecule has 1 saturated heterocycles. The van der Waals surface area contributed by atoms with Crippen molar-refractivity contribution < 1.29 is 13.2 Å². The second-order valence-corrected chi connectivity index (χ2v) is 7.90. The van der Waals surface area contributed by atoms with Gasteiger partial charge in [0.15, 0.2) is 9.84 Å². The maximum atomic E-state index is 11.9. The minimum Gasteiger partial charge on any atom is -0.378 e. The molecule has 1 aliphatic rings. The molecule has 9 heteroatoms. The van der Waals surface area contributed by atoms with E-state index in [9.17, 15) is 8.42 Å². The molecule has 0 radical (unpaired) electrons. The quantitative estimate of drug-likeness (QED) is 0.895. The van der Waals surface area contributed by atoms with Crippen LogP contribution >= 0.6 is 11.3 Å². The van der Waals surface area contributed by atoms with Crippen molar-refractivity contribution in [3.05, 3.63) is 28.5 Å². The van der Waals surface area contributed by atoms with Crippen molar-refractivity contribution in [2.45, 2.75) is 17.5 Å². The fourth-order valence-electron chi connectivity index (χ4n) is 2.43. The van der Waals surface area contributed by atoms with Crippen LogP contribution in [0.2, 0.25) is 0 Å². The van der Waals surface area contributed by atoms with E-state index in [-0.39, 0.29) is 10.9 Å². The van der Waals surface area contributed by atoms with Gasteiger partial charge in [0.1, 0.15) is 4.90 Å². The molecule has 0 saturated carbocycles. The van der Waals surface area contributed by atoms with Gasteiger partial charge in [-0.05, 0) is 0 Å². The molecule has 0 aliphatic carbocycles. The van der Waals surface area contributed by atoms with Gasteiger partial charge in [-0.15, -0.1) is 11.3 Å². The maximum absolute atomic E-state index is 11.9. The van der Waals surface area contributed by atoms with Crippen LogP contribution in [-0.4, -0.2) is 54.5 Å². The van der Waals surface area contributed by atoms with Gasteiger partial charge >= 0.3 is 0 Å². The lowest BCUT2D eigenvalue weighted by atomic mass is 10.1. The second-order valence-electron chi connectivity index (χ2n) is 4.95. The molecule has 0 bridgehead atoms. The van der Waals surface area contributed by atoms with Crippen molar-refractivity contribution in [3.8, 4) is 0 Å². The summed E-state index contributed by atoms with van der Waals surface area (Å²) in [6.07, 6.45) is 4.39. The first-order valence-electron chi connectivity index (χ1n) is 6.48. The first kappa shape index (κ1) is 14.6. The zero-order valence-electron chi connectivity index (χ0n) is 11.5. The molecule has 1 N–H and O–H groups in total. The summed E-state index contributed by atoms with van der Waals surface area (Å²) in [6, 6.07) is -0.145. The van der Waals surface area contributed by atoms with Crippen LogP contribution in [0.15, 0.2) is 22.8 Å². The maximum Gasteiger partial charge on any atom is 0.178 e. The van der Waals surface area contributed by atoms with E-state index in [0.29, 0.717) is 18.9 Å². The van der Waals surface area contributed by atoms with Gasteiger partial charge < -0.3 is 4.74 Å². The lowest BCUT2D eigenvalue weighted by Gasteiger charge is -2.34. The van der Waals surface area contributed by atoms with Crippen molar-refractivity contribution in [3.63, 3.8) is 0 Å². The smallest absolute Gasteiger partial charge is 0.178 e. The average molecular weight is 328 g/mol. The number of hydrogen-bond acceptors (Lipinski definition) is 7. The largest absolute Gasteiger partial charge is 0.378 e. The predicted molar refractivity (Wildman–Crippen MR) is 77.8 cm³/mol. The number of aromatic nitrogens is 3. The first-order chi connectivity index (χ1) is 10.1. The normalized spacial score (nSPS) is 20.7. The van der Waals surface area contributed by atoms with Crippen molar-refractivity contribution in [2.75, 3.05) is 26.0 Å². The Labute approximate surface area is 126 Å². The number of rotatable bonds is 4. The van der Waals surface area contributed by atoms with Gasteiger partial charge in [-0.25, -0.2) is 8.42 Å². The molecule has 0 aromatic carbocycles. The Morgan fingerprint density at radius 1 is 1.52 bits per heavy atom. The summed E-state index contributed by atoms with van der Waals surface area (Å²) in [5.74, 6) is 0. The van der Waals surface area contributed by atoms with E-state index in [1.54, 1.807) is 16.8 Å². The van der Waals surface area contributed by atoms with Crippen LogP contribution in [0.5, 0.6) is 0 Å². The van der Waals surface area contributed by atoms with E-state index < -0.39 is 9.84 Å². The number of ether oxygens (including phenoxy) is 1. The monoisotopic (exact) mass is 328 g/mol. The van der Waals surface area contributed by atoms with Crippen LogP contribution in [-0.2, 0) is 21.1 Å². The Balaban J connectivity index is 1.89. The van der Waals surface area contributed by atoms with Gasteiger partial charge in [0.25, 0.3) is 0 Å². The third kappa shape index (κ3) is 3.15. The topological polar surface area (TPSA) is 88.2 Å². The number of nitrogens with one attached hydrogen (secondary N) is 1. The molecule has 0 unspecified atom stereocenters. The lowest BCUT2D eigenvalue weighted by molar-refractivity contribution is -0.0148. The zero-order valence-corrected chi connectivity index (χ0v) is 13.2. The van der Waals surface area contributed by atoms with Crippen LogP contribution in [0.1, 0.15) is 16.6 Å². The van der Waals surface area contributed by atoms with Crippen molar-refractivity contribution in [1.29, 1.82) is 0 Å². The number of thiazole rings is 1. The highest BCUT2D eigenvalue weighted by molar-refractivity contribution is 7.90. The van der Waals surface area contributed by atoms with E-state index in [0.717, 1.165) is 18.0 Å². The third-order valence-electron chi connectivity index (χ3n) is 3.45. The van der Waals surface area contributed by atoms with E-state index in [4.69, 9.17) is 4.74 Å². The molecule has 7 nitrogen and oxygen atoms in total. The molecule has 1 fully saturated rings. The van der Waals surface area contributed by atoms with E-state index in [1.165, 1.54) is 12.5 Å².